The van der Waals surface area contributed by atoms with Crippen molar-refractivity contribution in [1.29, 1.82) is 0 Å². The number of amides is 1. The van der Waals surface area contributed by atoms with E-state index in [0.29, 0.717) is 37.0 Å². The summed E-state index contributed by atoms with van der Waals surface area (Å²) in [6.45, 7) is 3.17. The summed E-state index contributed by atoms with van der Waals surface area (Å²) < 4.78 is 23.5. The van der Waals surface area contributed by atoms with E-state index in [4.69, 9.17) is 10.7 Å². The van der Waals surface area contributed by atoms with E-state index in [1.807, 2.05) is 0 Å². The minimum absolute atomic E-state index is 0.0678. The van der Waals surface area contributed by atoms with Gasteiger partial charge < -0.3 is 4.90 Å². The summed E-state index contributed by atoms with van der Waals surface area (Å²) in [4.78, 5) is 14.2. The van der Waals surface area contributed by atoms with Gasteiger partial charge in [0, 0.05) is 23.8 Å². The molecule has 0 radical (unpaired) electrons. The smallest absolute Gasteiger partial charge is 0.275 e. The highest BCUT2D eigenvalue weighted by atomic mass is 35.7. The molecule has 1 N–H and O–H groups in total. The van der Waals surface area contributed by atoms with Crippen molar-refractivity contribution < 1.29 is 13.2 Å². The Morgan fingerprint density at radius 3 is 2.52 bits per heavy atom. The van der Waals surface area contributed by atoms with E-state index < -0.39 is 9.05 Å². The van der Waals surface area contributed by atoms with Crippen LogP contribution in [0.15, 0.2) is 4.90 Å². The number of fused-ring (bicyclic) bond motifs is 1. The lowest BCUT2D eigenvalue weighted by Gasteiger charge is -2.16. The molecule has 0 aromatic carbocycles. The molecular weight excluding hydrogens is 314 g/mol. The molecule has 1 amide bonds. The van der Waals surface area contributed by atoms with E-state index in [9.17, 15) is 13.2 Å². The molecule has 8 heteroatoms. The summed E-state index contributed by atoms with van der Waals surface area (Å²) in [5, 5.41) is 6.54. The van der Waals surface area contributed by atoms with Crippen molar-refractivity contribution in [3.05, 3.63) is 11.4 Å². The van der Waals surface area contributed by atoms with Crippen molar-refractivity contribution in [3.8, 4) is 0 Å². The van der Waals surface area contributed by atoms with E-state index >= 15 is 0 Å². The number of aromatic amines is 1. The van der Waals surface area contributed by atoms with Gasteiger partial charge in [0.2, 0.25) is 0 Å². The molecule has 0 bridgehead atoms. The van der Waals surface area contributed by atoms with Gasteiger partial charge in [-0.25, -0.2) is 8.42 Å². The Balaban J connectivity index is 1.91. The number of carbonyl (C=O) groups is 1. The molecule has 1 saturated heterocycles. The zero-order valence-electron chi connectivity index (χ0n) is 11.8. The van der Waals surface area contributed by atoms with Gasteiger partial charge in [-0.3, -0.25) is 9.89 Å². The number of halogens is 1. The Bertz CT molecular complexity index is 658. The van der Waals surface area contributed by atoms with Gasteiger partial charge >= 0.3 is 0 Å². The van der Waals surface area contributed by atoms with Crippen molar-refractivity contribution in [1.82, 2.24) is 15.1 Å². The predicted octanol–water partition coefficient (Wildman–Crippen LogP) is 1.77. The number of nitrogens with zero attached hydrogens (tertiary/aromatic N) is 2. The van der Waals surface area contributed by atoms with Gasteiger partial charge in [-0.2, -0.15) is 5.10 Å². The maximum absolute atomic E-state index is 12.6. The van der Waals surface area contributed by atoms with Gasteiger partial charge in [-0.15, -0.1) is 0 Å². The van der Waals surface area contributed by atoms with E-state index in [1.165, 1.54) is 6.42 Å². The van der Waals surface area contributed by atoms with E-state index in [2.05, 4.69) is 10.2 Å². The van der Waals surface area contributed by atoms with E-state index in [-0.39, 0.29) is 16.5 Å². The topological polar surface area (TPSA) is 83.1 Å². The maximum Gasteiger partial charge on any atom is 0.275 e. The largest absolute Gasteiger partial charge is 0.337 e. The van der Waals surface area contributed by atoms with Crippen LogP contribution in [-0.2, 0) is 15.5 Å². The number of hydrogen-bond donors (Lipinski definition) is 1. The number of likely N-dealkylation sites (tertiary alicyclic amines) is 1. The second kappa shape index (κ2) is 5.28. The number of aryl methyl sites for hydroxylation is 1. The molecule has 6 nitrogen and oxygen atoms in total. The molecule has 3 rings (SSSR count). The van der Waals surface area contributed by atoms with Crippen LogP contribution >= 0.6 is 10.7 Å². The second-order valence-corrected chi connectivity index (χ2v) is 8.34. The average molecular weight is 332 g/mol. The first-order chi connectivity index (χ1) is 9.91. The Labute approximate surface area is 128 Å². The molecule has 2 unspecified atom stereocenters. The summed E-state index contributed by atoms with van der Waals surface area (Å²) in [5.74, 6) is 0.767. The summed E-state index contributed by atoms with van der Waals surface area (Å²) in [5.41, 5.74) is 0.314. The maximum atomic E-state index is 12.6. The molecule has 2 atom stereocenters. The number of H-pyrrole nitrogens is 1. The number of carbonyl (C=O) groups excluding carboxylic acids is 1. The third kappa shape index (κ3) is 2.57. The quantitative estimate of drug-likeness (QED) is 0.856. The lowest BCUT2D eigenvalue weighted by Crippen LogP contribution is -2.30. The summed E-state index contributed by atoms with van der Waals surface area (Å²) in [6.07, 6.45) is 3.94. The van der Waals surface area contributed by atoms with Gasteiger partial charge in [-0.05, 0) is 31.1 Å². The molecule has 2 heterocycles. The molecule has 1 aromatic heterocycles. The molecule has 1 aliphatic heterocycles. The molecule has 1 aromatic rings. The van der Waals surface area contributed by atoms with Crippen LogP contribution in [0.1, 0.15) is 42.4 Å². The Hall–Kier alpha value is -1.08. The highest BCUT2D eigenvalue weighted by Gasteiger charge is 2.40. The van der Waals surface area contributed by atoms with Crippen LogP contribution in [0.4, 0.5) is 0 Å². The third-order valence-corrected chi connectivity index (χ3v) is 6.00. The van der Waals surface area contributed by atoms with Crippen LogP contribution in [0, 0.1) is 11.8 Å². The van der Waals surface area contributed by atoms with Gasteiger partial charge in [0.1, 0.15) is 4.90 Å². The van der Waals surface area contributed by atoms with Crippen LogP contribution in [0.5, 0.6) is 0 Å². The molecule has 21 heavy (non-hydrogen) atoms. The normalized spacial score (nSPS) is 25.3. The van der Waals surface area contributed by atoms with Gasteiger partial charge in [0.25, 0.3) is 15.0 Å². The van der Waals surface area contributed by atoms with Crippen molar-refractivity contribution in [2.45, 2.75) is 37.5 Å². The van der Waals surface area contributed by atoms with Crippen molar-refractivity contribution in [3.63, 3.8) is 0 Å². The fourth-order valence-electron chi connectivity index (χ4n) is 3.57. The predicted molar refractivity (Wildman–Crippen MR) is 77.7 cm³/mol. The van der Waals surface area contributed by atoms with Crippen LogP contribution in [-0.4, -0.2) is 42.5 Å². The van der Waals surface area contributed by atoms with E-state index in [0.717, 1.165) is 12.8 Å². The van der Waals surface area contributed by atoms with Crippen LogP contribution in [0.3, 0.4) is 0 Å². The van der Waals surface area contributed by atoms with E-state index in [1.54, 1.807) is 11.8 Å². The van der Waals surface area contributed by atoms with Gasteiger partial charge in [0.15, 0.2) is 5.69 Å². The van der Waals surface area contributed by atoms with Crippen molar-refractivity contribution in [2.24, 2.45) is 11.8 Å². The summed E-state index contributed by atoms with van der Waals surface area (Å²) in [6, 6.07) is 0. The molecule has 2 aliphatic rings. The minimum Gasteiger partial charge on any atom is -0.337 e. The Kier molecular flexibility index (Phi) is 3.73. The van der Waals surface area contributed by atoms with Crippen LogP contribution in [0.25, 0.3) is 0 Å². The number of nitrogens with one attached hydrogen (secondary N) is 1. The van der Waals surface area contributed by atoms with Crippen LogP contribution in [0.2, 0.25) is 0 Å². The highest BCUT2D eigenvalue weighted by Crippen LogP contribution is 2.38. The highest BCUT2D eigenvalue weighted by molar-refractivity contribution is 8.13. The van der Waals surface area contributed by atoms with Gasteiger partial charge in [-0.1, -0.05) is 13.3 Å². The molecular formula is C13H18ClN3O3S. The SMILES string of the molecule is CCc1[nH]nc(C(=O)N2CC3CCCC3C2)c1S(=O)(=O)Cl. The molecule has 1 aliphatic carbocycles. The monoisotopic (exact) mass is 331 g/mol. The standard InChI is InChI=1S/C13H18ClN3O3S/c1-2-10-12(21(14,19)20)11(16-15-10)13(18)17-6-8-4-3-5-9(8)7-17/h8-9H,2-7H2,1H3,(H,15,16). The second-order valence-electron chi connectivity index (χ2n) is 5.83. The van der Waals surface area contributed by atoms with Crippen molar-refractivity contribution >= 4 is 25.6 Å². The Morgan fingerprint density at radius 1 is 1.38 bits per heavy atom. The minimum atomic E-state index is -4.00. The zero-order chi connectivity index (χ0) is 15.2. The molecule has 1 saturated carbocycles. The first kappa shape index (κ1) is 14.8. The zero-order valence-corrected chi connectivity index (χ0v) is 13.4. The summed E-state index contributed by atoms with van der Waals surface area (Å²) >= 11 is 0. The number of rotatable bonds is 3. The van der Waals surface area contributed by atoms with Crippen LogP contribution < -0.4 is 0 Å². The molecule has 2 fully saturated rings. The van der Waals surface area contributed by atoms with Crippen molar-refractivity contribution in [2.75, 3.05) is 13.1 Å². The Morgan fingerprint density at radius 2 is 2.00 bits per heavy atom. The fraction of sp³-hybridized carbons (Fsp3) is 0.692. The van der Waals surface area contributed by atoms with Gasteiger partial charge in [0.05, 0.1) is 5.69 Å². The third-order valence-electron chi connectivity index (χ3n) is 4.61. The first-order valence-electron chi connectivity index (χ1n) is 7.23. The molecule has 116 valence electrons. The average Bonchev–Trinajstić information content (AvgIpc) is 3.09. The fourth-order valence-corrected chi connectivity index (χ4v) is 4.91. The lowest BCUT2D eigenvalue weighted by atomic mass is 10.0. The number of hydrogen-bond acceptors (Lipinski definition) is 4. The first-order valence-corrected chi connectivity index (χ1v) is 9.54. The number of aromatic nitrogens is 2. The molecule has 0 spiro atoms. The lowest BCUT2D eigenvalue weighted by molar-refractivity contribution is 0.0771. The summed E-state index contributed by atoms with van der Waals surface area (Å²) in [7, 11) is 1.48.